The lowest BCUT2D eigenvalue weighted by molar-refractivity contribution is 0.415. The van der Waals surface area contributed by atoms with E-state index in [0.29, 0.717) is 0 Å². The first kappa shape index (κ1) is 12.7. The summed E-state index contributed by atoms with van der Waals surface area (Å²) in [6.07, 6.45) is 0.940. The van der Waals surface area contributed by atoms with Crippen LogP contribution in [0.25, 0.3) is 22.3 Å². The Kier molecular flexibility index (Phi) is 3.38. The largest absolute Gasteiger partial charge is 0.497 e. The molecule has 0 unspecified atom stereocenters. The number of para-hydroxylation sites is 1. The Morgan fingerprint density at radius 2 is 1.75 bits per heavy atom. The van der Waals surface area contributed by atoms with Gasteiger partial charge in [0.15, 0.2) is 0 Å². The van der Waals surface area contributed by atoms with Gasteiger partial charge >= 0.3 is 11.3 Å². The molecule has 0 atom stereocenters. The van der Waals surface area contributed by atoms with Crippen LogP contribution in [0.2, 0.25) is 0 Å². The molecule has 1 aromatic heterocycles. The molecular weight excluding hydrogens is 248 g/mol. The minimum Gasteiger partial charge on any atom is -0.497 e. The number of aryl methyl sites for hydroxylation is 1. The van der Waals surface area contributed by atoms with Gasteiger partial charge in [0.25, 0.3) is 0 Å². The van der Waals surface area contributed by atoms with Crippen molar-refractivity contribution in [3.05, 3.63) is 60.2 Å². The van der Waals surface area contributed by atoms with Gasteiger partial charge in [0, 0.05) is 6.07 Å². The Morgan fingerprint density at radius 1 is 1.00 bits per heavy atom. The lowest BCUT2D eigenvalue weighted by Gasteiger charge is -2.01. The van der Waals surface area contributed by atoms with Crippen molar-refractivity contribution in [1.29, 1.82) is 0 Å². The molecule has 1 heterocycles. The maximum absolute atomic E-state index is 6.10. The second-order valence-corrected chi connectivity index (χ2v) is 4.72. The summed E-state index contributed by atoms with van der Waals surface area (Å²) >= 11 is 0. The first-order valence-corrected chi connectivity index (χ1v) is 6.81. The number of hydrogen-bond donors (Lipinski definition) is 0. The second-order valence-electron chi connectivity index (χ2n) is 4.72. The molecule has 0 spiro atoms. The number of rotatable bonds is 3. The van der Waals surface area contributed by atoms with E-state index in [0.717, 1.165) is 34.5 Å². The van der Waals surface area contributed by atoms with E-state index in [2.05, 4.69) is 19.1 Å². The van der Waals surface area contributed by atoms with E-state index in [4.69, 9.17) is 9.15 Å². The molecule has 0 bridgehead atoms. The van der Waals surface area contributed by atoms with Crippen LogP contribution in [0.3, 0.4) is 0 Å². The van der Waals surface area contributed by atoms with Crippen LogP contribution in [-0.2, 0) is 6.42 Å². The number of ether oxygens (including phenoxy) is 1. The maximum atomic E-state index is 6.10. The van der Waals surface area contributed by atoms with E-state index in [1.165, 1.54) is 5.56 Å². The first-order valence-electron chi connectivity index (χ1n) is 6.81. The quantitative estimate of drug-likeness (QED) is 0.624. The van der Waals surface area contributed by atoms with Crippen LogP contribution in [0, 0.1) is 0 Å². The van der Waals surface area contributed by atoms with Gasteiger partial charge in [0.1, 0.15) is 5.75 Å². The average Bonchev–Trinajstić information content (AvgIpc) is 2.53. The van der Waals surface area contributed by atoms with E-state index in [-0.39, 0.29) is 0 Å². The van der Waals surface area contributed by atoms with E-state index >= 15 is 0 Å². The number of methoxy groups -OCH3 is 1. The molecular formula is C18H17O2+. The summed E-state index contributed by atoms with van der Waals surface area (Å²) in [5.41, 5.74) is 3.21. The molecule has 0 aliphatic heterocycles. The van der Waals surface area contributed by atoms with Crippen molar-refractivity contribution >= 4 is 11.0 Å². The SMILES string of the molecule is CCc1cc2ccccc2[o+]c1-c1ccc(OC)cc1. The molecule has 0 aliphatic rings. The van der Waals surface area contributed by atoms with Gasteiger partial charge in [-0.3, -0.25) is 0 Å². The summed E-state index contributed by atoms with van der Waals surface area (Å²) in [7, 11) is 1.67. The molecule has 0 aliphatic carbocycles. The van der Waals surface area contributed by atoms with Crippen molar-refractivity contribution in [3.8, 4) is 17.1 Å². The van der Waals surface area contributed by atoms with Crippen molar-refractivity contribution in [2.75, 3.05) is 7.11 Å². The highest BCUT2D eigenvalue weighted by Gasteiger charge is 2.20. The van der Waals surface area contributed by atoms with Crippen LogP contribution in [0.4, 0.5) is 0 Å². The summed E-state index contributed by atoms with van der Waals surface area (Å²) in [5, 5.41) is 1.14. The van der Waals surface area contributed by atoms with E-state index in [1.807, 2.05) is 42.5 Å². The van der Waals surface area contributed by atoms with Crippen LogP contribution >= 0.6 is 0 Å². The predicted octanol–water partition coefficient (Wildman–Crippen LogP) is 4.95. The minimum atomic E-state index is 0.854. The normalized spacial score (nSPS) is 10.7. The summed E-state index contributed by atoms with van der Waals surface area (Å²) in [5.74, 6) is 1.79. The molecule has 2 aromatic carbocycles. The highest BCUT2D eigenvalue weighted by Crippen LogP contribution is 2.30. The minimum absolute atomic E-state index is 0.854. The van der Waals surface area contributed by atoms with Crippen molar-refractivity contribution < 1.29 is 9.15 Å². The van der Waals surface area contributed by atoms with Crippen LogP contribution in [0.5, 0.6) is 5.75 Å². The third-order valence-corrected chi connectivity index (χ3v) is 3.49. The third kappa shape index (κ3) is 2.25. The zero-order valence-corrected chi connectivity index (χ0v) is 11.7. The van der Waals surface area contributed by atoms with E-state index in [1.54, 1.807) is 7.11 Å². The highest BCUT2D eigenvalue weighted by atomic mass is 16.5. The second kappa shape index (κ2) is 5.33. The molecule has 3 aromatic rings. The molecule has 0 saturated heterocycles. The number of hydrogen-bond acceptors (Lipinski definition) is 1. The van der Waals surface area contributed by atoms with Crippen molar-refractivity contribution in [1.82, 2.24) is 0 Å². The zero-order valence-electron chi connectivity index (χ0n) is 11.7. The highest BCUT2D eigenvalue weighted by molar-refractivity contribution is 5.80. The molecule has 2 heteroatoms. The Bertz CT molecular complexity index is 730. The number of fused-ring (bicyclic) bond motifs is 1. The predicted molar refractivity (Wildman–Crippen MR) is 82.0 cm³/mol. The molecule has 0 saturated carbocycles. The van der Waals surface area contributed by atoms with E-state index in [9.17, 15) is 0 Å². The number of benzene rings is 2. The Labute approximate surface area is 118 Å². The van der Waals surface area contributed by atoms with Crippen molar-refractivity contribution in [2.45, 2.75) is 13.3 Å². The maximum Gasteiger partial charge on any atom is 0.363 e. The van der Waals surface area contributed by atoms with Crippen LogP contribution < -0.4 is 4.74 Å². The first-order chi connectivity index (χ1) is 9.81. The van der Waals surface area contributed by atoms with E-state index < -0.39 is 0 Å². The van der Waals surface area contributed by atoms with Crippen LogP contribution in [0.1, 0.15) is 12.5 Å². The van der Waals surface area contributed by atoms with Gasteiger partial charge in [0.2, 0.25) is 0 Å². The third-order valence-electron chi connectivity index (χ3n) is 3.49. The van der Waals surface area contributed by atoms with Crippen LogP contribution in [-0.4, -0.2) is 7.11 Å². The summed E-state index contributed by atoms with van der Waals surface area (Å²) in [6, 6.07) is 18.3. The van der Waals surface area contributed by atoms with Crippen LogP contribution in [0.15, 0.2) is 59.0 Å². The Hall–Kier alpha value is -2.35. The zero-order chi connectivity index (χ0) is 13.9. The summed E-state index contributed by atoms with van der Waals surface area (Å²) in [6.45, 7) is 2.15. The monoisotopic (exact) mass is 265 g/mol. The van der Waals surface area contributed by atoms with Gasteiger partial charge in [-0.2, -0.15) is 0 Å². The topological polar surface area (TPSA) is 20.5 Å². The average molecular weight is 265 g/mol. The molecule has 0 fully saturated rings. The Balaban J connectivity index is 2.17. The summed E-state index contributed by atoms with van der Waals surface area (Å²) in [4.78, 5) is 0. The Morgan fingerprint density at radius 3 is 2.45 bits per heavy atom. The standard InChI is InChI=1S/C18H17O2/c1-3-13-12-15-6-4-5-7-17(15)20-18(13)14-8-10-16(19-2)11-9-14/h4-12H,3H2,1-2H3/q+1. The van der Waals surface area contributed by atoms with Gasteiger partial charge in [-0.05, 0) is 42.8 Å². The van der Waals surface area contributed by atoms with Gasteiger partial charge in [0.05, 0.1) is 23.6 Å². The molecule has 2 nitrogen and oxygen atoms in total. The molecule has 20 heavy (non-hydrogen) atoms. The van der Waals surface area contributed by atoms with Crippen molar-refractivity contribution in [2.24, 2.45) is 0 Å². The van der Waals surface area contributed by atoms with Crippen molar-refractivity contribution in [3.63, 3.8) is 0 Å². The molecule has 3 rings (SSSR count). The molecule has 0 amide bonds. The molecule has 0 N–H and O–H groups in total. The fraction of sp³-hybridized carbons (Fsp3) is 0.167. The fourth-order valence-electron chi connectivity index (χ4n) is 2.37. The fourth-order valence-corrected chi connectivity index (χ4v) is 2.37. The lowest BCUT2D eigenvalue weighted by Crippen LogP contribution is -1.89. The molecule has 100 valence electrons. The lowest BCUT2D eigenvalue weighted by atomic mass is 10.0. The van der Waals surface area contributed by atoms with Gasteiger partial charge in [-0.1, -0.05) is 19.1 Å². The summed E-state index contributed by atoms with van der Waals surface area (Å²) < 4.78 is 11.3. The smallest absolute Gasteiger partial charge is 0.363 e. The molecule has 0 radical (unpaired) electrons. The van der Waals surface area contributed by atoms with Gasteiger partial charge < -0.3 is 4.74 Å². The van der Waals surface area contributed by atoms with Gasteiger partial charge in [-0.15, -0.1) is 0 Å². The van der Waals surface area contributed by atoms with Gasteiger partial charge in [-0.25, -0.2) is 4.42 Å².